The van der Waals surface area contributed by atoms with Gasteiger partial charge in [-0.2, -0.15) is 12.6 Å². The first-order valence-corrected chi connectivity index (χ1v) is 5.46. The van der Waals surface area contributed by atoms with E-state index in [1.54, 1.807) is 6.92 Å². The Labute approximate surface area is 80.3 Å². The first kappa shape index (κ1) is 10.1. The van der Waals surface area contributed by atoms with Crippen molar-refractivity contribution >= 4 is 18.4 Å². The number of hydrogen-bond acceptors (Lipinski definition) is 2. The third kappa shape index (κ3) is 2.03. The smallest absolute Gasteiger partial charge is 0.135 e. The lowest BCUT2D eigenvalue weighted by Gasteiger charge is -2.34. The zero-order valence-corrected chi connectivity index (χ0v) is 8.70. The molecule has 0 saturated heterocycles. The lowest BCUT2D eigenvalue weighted by molar-refractivity contribution is -0.128. The summed E-state index contributed by atoms with van der Waals surface area (Å²) in [7, 11) is 0. The molecule has 2 heteroatoms. The van der Waals surface area contributed by atoms with E-state index >= 15 is 0 Å². The Morgan fingerprint density at radius 1 is 1.33 bits per heavy atom. The maximum Gasteiger partial charge on any atom is 0.135 e. The molecule has 1 nitrogen and oxygen atoms in total. The molecule has 0 aromatic carbocycles. The van der Waals surface area contributed by atoms with Crippen LogP contribution in [0.4, 0.5) is 0 Å². The van der Waals surface area contributed by atoms with Gasteiger partial charge in [-0.25, -0.2) is 0 Å². The highest BCUT2D eigenvalue weighted by atomic mass is 32.1. The van der Waals surface area contributed by atoms with Crippen molar-refractivity contribution in [3.8, 4) is 0 Å². The first-order chi connectivity index (χ1) is 5.71. The average Bonchev–Trinajstić information content (AvgIpc) is 2.06. The van der Waals surface area contributed by atoms with Gasteiger partial charge in [-0.1, -0.05) is 19.3 Å². The fraction of sp³-hybridized carbons (Fsp3) is 0.900. The highest BCUT2D eigenvalue weighted by Gasteiger charge is 2.35. The molecular formula is C10H18OS. The molecule has 1 aliphatic carbocycles. The SMILES string of the molecule is CC(=O)C1(CCS)CCCCC1. The molecule has 0 aromatic rings. The Balaban J connectivity index is 2.63. The van der Waals surface area contributed by atoms with Crippen LogP contribution in [-0.2, 0) is 4.79 Å². The van der Waals surface area contributed by atoms with Crippen LogP contribution in [0.25, 0.3) is 0 Å². The van der Waals surface area contributed by atoms with Crippen LogP contribution >= 0.6 is 12.6 Å². The molecule has 12 heavy (non-hydrogen) atoms. The van der Waals surface area contributed by atoms with E-state index < -0.39 is 0 Å². The van der Waals surface area contributed by atoms with E-state index in [1.807, 2.05) is 0 Å². The van der Waals surface area contributed by atoms with E-state index in [9.17, 15) is 4.79 Å². The van der Waals surface area contributed by atoms with Gasteiger partial charge in [0.1, 0.15) is 5.78 Å². The van der Waals surface area contributed by atoms with Crippen LogP contribution in [-0.4, -0.2) is 11.5 Å². The Hall–Kier alpha value is 0.0200. The molecule has 1 saturated carbocycles. The molecule has 1 rings (SSSR count). The highest BCUT2D eigenvalue weighted by Crippen LogP contribution is 2.40. The maximum atomic E-state index is 11.5. The fourth-order valence-corrected chi connectivity index (χ4v) is 2.65. The van der Waals surface area contributed by atoms with Gasteiger partial charge in [0.2, 0.25) is 0 Å². The predicted octanol–water partition coefficient (Wildman–Crippen LogP) is 2.85. The molecule has 0 N–H and O–H groups in total. The van der Waals surface area contributed by atoms with Crippen LogP contribution in [0.15, 0.2) is 0 Å². The summed E-state index contributed by atoms with van der Waals surface area (Å²) in [6.07, 6.45) is 6.94. The third-order valence-electron chi connectivity index (χ3n) is 3.15. The number of Topliss-reactive ketones (excluding diaryl/α,β-unsaturated/α-hetero) is 1. The second-order valence-corrected chi connectivity index (χ2v) is 4.32. The molecule has 1 aliphatic rings. The number of carbonyl (C=O) groups is 1. The lowest BCUT2D eigenvalue weighted by Crippen LogP contribution is -2.32. The van der Waals surface area contributed by atoms with Gasteiger partial charge < -0.3 is 0 Å². The zero-order chi connectivity index (χ0) is 9.03. The van der Waals surface area contributed by atoms with Crippen molar-refractivity contribution in [1.29, 1.82) is 0 Å². The molecule has 0 aromatic heterocycles. The van der Waals surface area contributed by atoms with Crippen LogP contribution in [0.1, 0.15) is 45.4 Å². The van der Waals surface area contributed by atoms with Crippen LogP contribution in [0.2, 0.25) is 0 Å². The van der Waals surface area contributed by atoms with Crippen molar-refractivity contribution in [3.05, 3.63) is 0 Å². The van der Waals surface area contributed by atoms with Crippen molar-refractivity contribution in [3.63, 3.8) is 0 Å². The van der Waals surface area contributed by atoms with E-state index in [4.69, 9.17) is 0 Å². The third-order valence-corrected chi connectivity index (χ3v) is 3.37. The molecule has 1 fully saturated rings. The molecule has 0 spiro atoms. The van der Waals surface area contributed by atoms with E-state index in [0.717, 1.165) is 25.0 Å². The van der Waals surface area contributed by atoms with E-state index in [-0.39, 0.29) is 5.41 Å². The number of hydrogen-bond donors (Lipinski definition) is 1. The van der Waals surface area contributed by atoms with Crippen molar-refractivity contribution in [1.82, 2.24) is 0 Å². The quantitative estimate of drug-likeness (QED) is 0.671. The van der Waals surface area contributed by atoms with Crippen LogP contribution in [0, 0.1) is 5.41 Å². The minimum atomic E-state index is 0.0139. The standard InChI is InChI=1S/C10H18OS/c1-9(11)10(7-8-12)5-3-2-4-6-10/h12H,2-8H2,1H3. The topological polar surface area (TPSA) is 17.1 Å². The first-order valence-electron chi connectivity index (χ1n) is 4.83. The summed E-state index contributed by atoms with van der Waals surface area (Å²) in [6, 6.07) is 0. The molecule has 0 unspecified atom stereocenters. The Bertz CT molecular complexity index is 154. The van der Waals surface area contributed by atoms with Gasteiger partial charge in [0.05, 0.1) is 0 Å². The van der Waals surface area contributed by atoms with E-state index in [2.05, 4.69) is 12.6 Å². The summed E-state index contributed by atoms with van der Waals surface area (Å²) >= 11 is 4.23. The van der Waals surface area contributed by atoms with Gasteiger partial charge >= 0.3 is 0 Å². The van der Waals surface area contributed by atoms with Crippen molar-refractivity contribution in [2.24, 2.45) is 5.41 Å². The fourth-order valence-electron chi connectivity index (χ4n) is 2.22. The van der Waals surface area contributed by atoms with Crippen molar-refractivity contribution in [2.45, 2.75) is 45.4 Å². The minimum absolute atomic E-state index is 0.0139. The van der Waals surface area contributed by atoms with Gasteiger partial charge in [-0.05, 0) is 31.9 Å². The molecular weight excluding hydrogens is 168 g/mol. The highest BCUT2D eigenvalue weighted by molar-refractivity contribution is 7.80. The summed E-state index contributed by atoms with van der Waals surface area (Å²) < 4.78 is 0. The van der Waals surface area contributed by atoms with Crippen LogP contribution < -0.4 is 0 Å². The van der Waals surface area contributed by atoms with Crippen molar-refractivity contribution < 1.29 is 4.79 Å². The summed E-state index contributed by atoms with van der Waals surface area (Å²) in [5.41, 5.74) is 0.0139. The number of thiol groups is 1. The molecule has 0 atom stereocenters. The average molecular weight is 186 g/mol. The lowest BCUT2D eigenvalue weighted by atomic mass is 9.70. The minimum Gasteiger partial charge on any atom is -0.299 e. The summed E-state index contributed by atoms with van der Waals surface area (Å²) in [5, 5.41) is 0. The maximum absolute atomic E-state index is 11.5. The van der Waals surface area contributed by atoms with Gasteiger partial charge in [-0.3, -0.25) is 4.79 Å². The monoisotopic (exact) mass is 186 g/mol. The molecule has 0 bridgehead atoms. The largest absolute Gasteiger partial charge is 0.299 e. The van der Waals surface area contributed by atoms with E-state index in [1.165, 1.54) is 19.3 Å². The number of ketones is 1. The molecule has 70 valence electrons. The summed E-state index contributed by atoms with van der Waals surface area (Å²) in [4.78, 5) is 11.5. The van der Waals surface area contributed by atoms with Gasteiger partial charge in [0, 0.05) is 5.41 Å². The molecule has 0 radical (unpaired) electrons. The van der Waals surface area contributed by atoms with Gasteiger partial charge in [0.25, 0.3) is 0 Å². The second kappa shape index (κ2) is 4.31. The predicted molar refractivity (Wildman–Crippen MR) is 54.7 cm³/mol. The Kier molecular flexibility index (Phi) is 3.63. The summed E-state index contributed by atoms with van der Waals surface area (Å²) in [5.74, 6) is 1.23. The molecule has 0 amide bonds. The Morgan fingerprint density at radius 3 is 2.33 bits per heavy atom. The van der Waals surface area contributed by atoms with Gasteiger partial charge in [-0.15, -0.1) is 0 Å². The van der Waals surface area contributed by atoms with Crippen LogP contribution in [0.3, 0.4) is 0 Å². The van der Waals surface area contributed by atoms with Gasteiger partial charge in [0.15, 0.2) is 0 Å². The number of rotatable bonds is 3. The van der Waals surface area contributed by atoms with E-state index in [0.29, 0.717) is 5.78 Å². The second-order valence-electron chi connectivity index (χ2n) is 3.87. The van der Waals surface area contributed by atoms with Crippen LogP contribution in [0.5, 0.6) is 0 Å². The normalized spacial score (nSPS) is 22.2. The zero-order valence-electron chi connectivity index (χ0n) is 7.81. The molecule has 0 heterocycles. The van der Waals surface area contributed by atoms with Crippen molar-refractivity contribution in [2.75, 3.05) is 5.75 Å². The molecule has 0 aliphatic heterocycles. The number of carbonyl (C=O) groups excluding carboxylic acids is 1. The summed E-state index contributed by atoms with van der Waals surface area (Å²) in [6.45, 7) is 1.74. The Morgan fingerprint density at radius 2 is 1.92 bits per heavy atom.